The van der Waals surface area contributed by atoms with Crippen molar-refractivity contribution in [3.8, 4) is 0 Å². The molecule has 4 rings (SSSR count). The van der Waals surface area contributed by atoms with Crippen molar-refractivity contribution in [3.63, 3.8) is 0 Å². The minimum atomic E-state index is -4.33. The number of tetrazole rings is 1. The second kappa shape index (κ2) is 10.6. The number of Topliss-reactive ketones (excluding diaryl/α,β-unsaturated/α-hetero) is 1. The zero-order chi connectivity index (χ0) is 26.7. The summed E-state index contributed by atoms with van der Waals surface area (Å²) in [6.07, 6.45) is 2.83. The largest absolute Gasteiger partial charge is 0.481 e. The van der Waals surface area contributed by atoms with Crippen molar-refractivity contribution in [2.24, 2.45) is 5.92 Å². The third-order valence-corrected chi connectivity index (χ3v) is 8.86. The lowest BCUT2D eigenvalue weighted by Crippen LogP contribution is -2.22. The van der Waals surface area contributed by atoms with Gasteiger partial charge < -0.3 is 15.3 Å². The lowest BCUT2D eigenvalue weighted by Gasteiger charge is -2.18. The van der Waals surface area contributed by atoms with E-state index in [1.54, 1.807) is 18.2 Å². The Hall–Kier alpha value is -3.92. The SMILES string of the molecule is CN(C)c1ccc(NC(=O)Nc2nc(CC(=O)O)c(S(=O)(=O)c3nn[nH]n3)s2)c(C(=O)C2CCCC2)c1. The number of H-pyrrole nitrogens is 1. The zero-order valence-corrected chi connectivity index (χ0v) is 21.5. The lowest BCUT2D eigenvalue weighted by atomic mass is 9.94. The molecule has 2 amide bonds. The van der Waals surface area contributed by atoms with Gasteiger partial charge in [0, 0.05) is 31.3 Å². The summed E-state index contributed by atoms with van der Waals surface area (Å²) in [5, 5.41) is 25.6. The van der Waals surface area contributed by atoms with Gasteiger partial charge in [0.25, 0.3) is 15.0 Å². The summed E-state index contributed by atoms with van der Waals surface area (Å²) in [4.78, 5) is 43.2. The summed E-state index contributed by atoms with van der Waals surface area (Å²) in [6, 6.07) is 4.32. The van der Waals surface area contributed by atoms with E-state index in [2.05, 4.69) is 31.0 Å². The van der Waals surface area contributed by atoms with Crippen molar-refractivity contribution in [2.75, 3.05) is 29.6 Å². The van der Waals surface area contributed by atoms with E-state index in [9.17, 15) is 27.9 Å². The molecule has 0 radical (unpaired) electrons. The van der Waals surface area contributed by atoms with Crippen LogP contribution in [-0.2, 0) is 21.1 Å². The van der Waals surface area contributed by atoms with Crippen molar-refractivity contribution in [2.45, 2.75) is 41.5 Å². The van der Waals surface area contributed by atoms with Gasteiger partial charge in [-0.05, 0) is 36.3 Å². The first kappa shape index (κ1) is 26.2. The molecule has 1 fully saturated rings. The highest BCUT2D eigenvalue weighted by atomic mass is 32.2. The van der Waals surface area contributed by atoms with Gasteiger partial charge >= 0.3 is 12.0 Å². The molecule has 0 spiro atoms. The number of anilines is 3. The molecule has 2 aromatic heterocycles. The summed E-state index contributed by atoms with van der Waals surface area (Å²) in [7, 11) is -0.643. The zero-order valence-electron chi connectivity index (χ0n) is 19.9. The first-order valence-corrected chi connectivity index (χ1v) is 13.5. The molecule has 1 aliphatic carbocycles. The fourth-order valence-electron chi connectivity index (χ4n) is 3.99. The minimum absolute atomic E-state index is 0.0528. The van der Waals surface area contributed by atoms with Crippen LogP contribution >= 0.6 is 11.3 Å². The highest BCUT2D eigenvalue weighted by molar-refractivity contribution is 7.93. The molecule has 0 bridgehead atoms. The number of aliphatic carboxylic acids is 1. The second-order valence-electron chi connectivity index (χ2n) is 8.57. The Balaban J connectivity index is 1.60. The predicted molar refractivity (Wildman–Crippen MR) is 133 cm³/mol. The van der Waals surface area contributed by atoms with Gasteiger partial charge in [0.1, 0.15) is 0 Å². The molecule has 196 valence electrons. The van der Waals surface area contributed by atoms with Crippen molar-refractivity contribution < 1.29 is 27.9 Å². The van der Waals surface area contributed by atoms with Gasteiger partial charge in [-0.25, -0.2) is 18.2 Å². The average molecular weight is 549 g/mol. The molecule has 0 saturated heterocycles. The van der Waals surface area contributed by atoms with Crippen LogP contribution < -0.4 is 15.5 Å². The monoisotopic (exact) mass is 548 g/mol. The Morgan fingerprint density at radius 2 is 1.92 bits per heavy atom. The fraction of sp³-hybridized carbons (Fsp3) is 0.381. The van der Waals surface area contributed by atoms with Gasteiger partial charge in [-0.2, -0.15) is 5.21 Å². The van der Waals surface area contributed by atoms with E-state index in [1.807, 2.05) is 24.2 Å². The summed E-state index contributed by atoms with van der Waals surface area (Å²) in [5.74, 6) is -1.48. The van der Waals surface area contributed by atoms with E-state index < -0.39 is 37.6 Å². The van der Waals surface area contributed by atoms with Crippen LogP contribution in [-0.4, -0.2) is 71.0 Å². The number of carboxylic acids is 1. The third kappa shape index (κ3) is 5.75. The van der Waals surface area contributed by atoms with E-state index in [-0.39, 0.29) is 22.5 Å². The number of carbonyl (C=O) groups is 3. The molecule has 1 aromatic carbocycles. The van der Waals surface area contributed by atoms with Crippen LogP contribution in [0.25, 0.3) is 0 Å². The van der Waals surface area contributed by atoms with Crippen LogP contribution in [0, 0.1) is 5.92 Å². The van der Waals surface area contributed by atoms with E-state index in [0.717, 1.165) is 31.4 Å². The third-order valence-electron chi connectivity index (χ3n) is 5.77. The molecule has 0 unspecified atom stereocenters. The standard InChI is InChI=1S/C21H24N8O6S2/c1-29(2)12-7-8-14(13(9-12)17(32)11-5-3-4-6-11)22-19(33)24-20-23-15(10-16(30)31)18(36-20)37(34,35)21-25-27-28-26-21/h7-9,11H,3-6,10H2,1-2H3,(H,30,31)(H2,22,23,24,33)(H,25,26,27,28). The molecule has 16 heteroatoms. The number of carbonyl (C=O) groups excluding carboxylic acids is 2. The van der Waals surface area contributed by atoms with Crippen LogP contribution in [0.5, 0.6) is 0 Å². The average Bonchev–Trinajstić information content (AvgIpc) is 3.61. The number of thiazole rings is 1. The fourth-order valence-corrected chi connectivity index (χ4v) is 6.50. The molecule has 0 atom stereocenters. The molecule has 3 aromatic rings. The molecule has 2 heterocycles. The topological polar surface area (TPSA) is 200 Å². The van der Waals surface area contributed by atoms with E-state index >= 15 is 0 Å². The van der Waals surface area contributed by atoms with Crippen LogP contribution in [0.4, 0.5) is 21.3 Å². The maximum absolute atomic E-state index is 13.2. The number of rotatable bonds is 9. The molecule has 1 saturated carbocycles. The van der Waals surface area contributed by atoms with E-state index in [0.29, 0.717) is 22.6 Å². The number of urea groups is 1. The maximum Gasteiger partial charge on any atom is 0.325 e. The smallest absolute Gasteiger partial charge is 0.325 e. The first-order valence-electron chi connectivity index (χ1n) is 11.2. The number of benzene rings is 1. The van der Waals surface area contributed by atoms with Gasteiger partial charge in [-0.1, -0.05) is 29.3 Å². The number of carboxylic acid groups (broad SMARTS) is 1. The van der Waals surface area contributed by atoms with Gasteiger partial charge in [0.2, 0.25) is 0 Å². The van der Waals surface area contributed by atoms with Crippen molar-refractivity contribution in [1.82, 2.24) is 25.6 Å². The summed E-state index contributed by atoms with van der Waals surface area (Å²) >= 11 is 0.553. The first-order chi connectivity index (χ1) is 17.6. The summed E-state index contributed by atoms with van der Waals surface area (Å²) in [6.45, 7) is 0. The van der Waals surface area contributed by atoms with Crippen LogP contribution in [0.15, 0.2) is 27.6 Å². The Labute approximate surface area is 215 Å². The number of nitrogens with zero attached hydrogens (tertiary/aromatic N) is 5. The Morgan fingerprint density at radius 3 is 2.54 bits per heavy atom. The molecule has 4 N–H and O–H groups in total. The Morgan fingerprint density at radius 1 is 1.19 bits per heavy atom. The molecular formula is C21H24N8O6S2. The van der Waals surface area contributed by atoms with Gasteiger partial charge in [0.15, 0.2) is 15.1 Å². The minimum Gasteiger partial charge on any atom is -0.481 e. The number of aromatic amines is 1. The molecule has 1 aliphatic rings. The van der Waals surface area contributed by atoms with Crippen LogP contribution in [0.1, 0.15) is 41.7 Å². The number of hydrogen-bond donors (Lipinski definition) is 4. The number of sulfone groups is 1. The molecule has 0 aliphatic heterocycles. The second-order valence-corrected chi connectivity index (χ2v) is 11.6. The van der Waals surface area contributed by atoms with Crippen LogP contribution in [0.2, 0.25) is 0 Å². The Bertz CT molecular complexity index is 1430. The van der Waals surface area contributed by atoms with Crippen molar-refractivity contribution in [1.29, 1.82) is 0 Å². The molecular weight excluding hydrogens is 524 g/mol. The highest BCUT2D eigenvalue weighted by Crippen LogP contribution is 2.33. The quantitative estimate of drug-likeness (QED) is 0.286. The lowest BCUT2D eigenvalue weighted by molar-refractivity contribution is -0.136. The number of aromatic nitrogens is 5. The molecule has 14 nitrogen and oxygen atoms in total. The van der Waals surface area contributed by atoms with Crippen LogP contribution in [0.3, 0.4) is 0 Å². The molecule has 37 heavy (non-hydrogen) atoms. The van der Waals surface area contributed by atoms with E-state index in [4.69, 9.17) is 0 Å². The number of ketones is 1. The van der Waals surface area contributed by atoms with Gasteiger partial charge in [0.05, 0.1) is 17.8 Å². The Kier molecular flexibility index (Phi) is 7.49. The van der Waals surface area contributed by atoms with Crippen molar-refractivity contribution in [3.05, 3.63) is 29.5 Å². The highest BCUT2D eigenvalue weighted by Gasteiger charge is 2.31. The predicted octanol–water partition coefficient (Wildman–Crippen LogP) is 2.20. The number of hydrogen-bond acceptors (Lipinski definition) is 11. The van der Waals surface area contributed by atoms with Gasteiger partial charge in [-0.3, -0.25) is 14.9 Å². The van der Waals surface area contributed by atoms with Crippen molar-refractivity contribution >= 4 is 55.5 Å². The normalized spacial score (nSPS) is 13.9. The number of amides is 2. The maximum atomic E-state index is 13.2. The van der Waals surface area contributed by atoms with Gasteiger partial charge in [-0.15, -0.1) is 5.10 Å². The summed E-state index contributed by atoms with van der Waals surface area (Å²) < 4.78 is 25.3. The summed E-state index contributed by atoms with van der Waals surface area (Å²) in [5.41, 5.74) is 1.17. The van der Waals surface area contributed by atoms with E-state index in [1.165, 1.54) is 0 Å². The number of nitrogens with one attached hydrogen (secondary N) is 3.